The van der Waals surface area contributed by atoms with Gasteiger partial charge in [-0.15, -0.1) is 10.2 Å². The lowest BCUT2D eigenvalue weighted by Gasteiger charge is -2.11. The molecule has 6 nitrogen and oxygen atoms in total. The molecule has 0 aliphatic rings. The molecule has 1 amide bonds. The van der Waals surface area contributed by atoms with E-state index >= 15 is 0 Å². The van der Waals surface area contributed by atoms with Crippen LogP contribution in [0.1, 0.15) is 5.56 Å². The summed E-state index contributed by atoms with van der Waals surface area (Å²) in [4.78, 5) is 15.9. The summed E-state index contributed by atoms with van der Waals surface area (Å²) >= 11 is 6.78. The molecule has 1 N–H and O–H groups in total. The number of nitrogens with zero attached hydrogens (tertiary/aromatic N) is 3. The molecule has 0 spiro atoms. The predicted octanol–water partition coefficient (Wildman–Crippen LogP) is 4.53. The molecule has 3 aromatic rings. The lowest BCUT2D eigenvalue weighted by molar-refractivity contribution is -0.137. The zero-order chi connectivity index (χ0) is 19.4. The van der Waals surface area contributed by atoms with E-state index in [1.807, 2.05) is 0 Å². The van der Waals surface area contributed by atoms with Crippen molar-refractivity contribution in [3.63, 3.8) is 0 Å². The van der Waals surface area contributed by atoms with E-state index in [2.05, 4.69) is 20.5 Å². The third-order valence-corrected chi connectivity index (χ3v) is 4.36. The number of amides is 1. The van der Waals surface area contributed by atoms with Gasteiger partial charge >= 0.3 is 6.18 Å². The van der Waals surface area contributed by atoms with E-state index in [1.165, 1.54) is 0 Å². The van der Waals surface area contributed by atoms with Crippen molar-refractivity contribution in [2.75, 3.05) is 11.1 Å². The highest BCUT2D eigenvalue weighted by Crippen LogP contribution is 2.34. The Morgan fingerprint density at radius 1 is 1.26 bits per heavy atom. The second-order valence-electron chi connectivity index (χ2n) is 5.14. The fourth-order valence-electron chi connectivity index (χ4n) is 1.98. The molecule has 0 bridgehead atoms. The van der Waals surface area contributed by atoms with E-state index in [4.69, 9.17) is 16.0 Å². The highest BCUT2D eigenvalue weighted by Gasteiger charge is 2.31. The summed E-state index contributed by atoms with van der Waals surface area (Å²) in [6.07, 6.45) is -1.39. The fourth-order valence-corrected chi connectivity index (χ4v) is 2.71. The molecule has 0 aliphatic carbocycles. The lowest BCUT2D eigenvalue weighted by Crippen LogP contribution is -2.15. The molecule has 1 aromatic carbocycles. The number of hydrogen-bond donors (Lipinski definition) is 1. The van der Waals surface area contributed by atoms with Crippen molar-refractivity contribution in [2.45, 2.75) is 11.4 Å². The molecule has 0 saturated heterocycles. The highest BCUT2D eigenvalue weighted by molar-refractivity contribution is 7.99. The fraction of sp³-hybridized carbons (Fsp3) is 0.125. The smallest absolute Gasteiger partial charge is 0.411 e. The zero-order valence-corrected chi connectivity index (χ0v) is 14.9. The quantitative estimate of drug-likeness (QED) is 0.617. The largest absolute Gasteiger partial charge is 0.416 e. The minimum atomic E-state index is -4.54. The summed E-state index contributed by atoms with van der Waals surface area (Å²) in [6.45, 7) is 0. The maximum atomic E-state index is 12.8. The number of carbonyl (C=O) groups is 1. The number of halogens is 4. The van der Waals surface area contributed by atoms with Gasteiger partial charge in [0.05, 0.1) is 27.6 Å². The first-order valence-corrected chi connectivity index (χ1v) is 8.72. The summed E-state index contributed by atoms with van der Waals surface area (Å²) in [5, 5.41) is 10.1. The van der Waals surface area contributed by atoms with Crippen molar-refractivity contribution < 1.29 is 22.4 Å². The standard InChI is InChI=1S/C16H10ClF3N4O2S/c17-11-4-3-10(16(18,19)20)6-12(11)22-13(25)8-27-15-24-23-14(26-15)9-2-1-5-21-7-9/h1-7H,8H2,(H,22,25). The Labute approximate surface area is 160 Å². The Hall–Kier alpha value is -2.59. The van der Waals surface area contributed by atoms with Gasteiger partial charge in [-0.1, -0.05) is 23.4 Å². The summed E-state index contributed by atoms with van der Waals surface area (Å²) in [6, 6.07) is 6.13. The van der Waals surface area contributed by atoms with Crippen molar-refractivity contribution in [3.8, 4) is 11.5 Å². The van der Waals surface area contributed by atoms with Crippen LogP contribution in [0.5, 0.6) is 0 Å². The van der Waals surface area contributed by atoms with Gasteiger partial charge in [0.15, 0.2) is 0 Å². The van der Waals surface area contributed by atoms with Crippen molar-refractivity contribution in [3.05, 3.63) is 53.3 Å². The first-order valence-electron chi connectivity index (χ1n) is 7.36. The van der Waals surface area contributed by atoms with E-state index in [0.29, 0.717) is 5.56 Å². The molecule has 0 saturated carbocycles. The van der Waals surface area contributed by atoms with Crippen LogP contribution in [0.25, 0.3) is 11.5 Å². The summed E-state index contributed by atoms with van der Waals surface area (Å²) < 4.78 is 43.7. The number of hydrogen-bond acceptors (Lipinski definition) is 6. The summed E-state index contributed by atoms with van der Waals surface area (Å²) in [5.74, 6) is -0.476. The van der Waals surface area contributed by atoms with Gasteiger partial charge in [-0.2, -0.15) is 13.2 Å². The minimum absolute atomic E-state index is 0.00185. The molecule has 0 aliphatic heterocycles. The zero-order valence-electron chi connectivity index (χ0n) is 13.3. The Balaban J connectivity index is 1.62. The number of rotatable bonds is 5. The van der Waals surface area contributed by atoms with E-state index < -0.39 is 17.6 Å². The number of aromatic nitrogens is 3. The maximum Gasteiger partial charge on any atom is 0.416 e. The molecular formula is C16H10ClF3N4O2S. The predicted molar refractivity (Wildman–Crippen MR) is 93.3 cm³/mol. The second-order valence-corrected chi connectivity index (χ2v) is 6.48. The van der Waals surface area contributed by atoms with Gasteiger partial charge in [0.25, 0.3) is 5.22 Å². The van der Waals surface area contributed by atoms with Gasteiger partial charge in [0.2, 0.25) is 11.8 Å². The van der Waals surface area contributed by atoms with Crippen molar-refractivity contribution in [1.82, 2.24) is 15.2 Å². The third kappa shape index (κ3) is 4.98. The number of thioether (sulfide) groups is 1. The van der Waals surface area contributed by atoms with Gasteiger partial charge in [0, 0.05) is 12.4 Å². The molecule has 2 aromatic heterocycles. The van der Waals surface area contributed by atoms with E-state index in [-0.39, 0.29) is 27.6 Å². The molecule has 140 valence electrons. The Morgan fingerprint density at radius 3 is 2.78 bits per heavy atom. The minimum Gasteiger partial charge on any atom is -0.411 e. The van der Waals surface area contributed by atoms with Crippen LogP contribution in [0, 0.1) is 0 Å². The van der Waals surface area contributed by atoms with Crippen LogP contribution < -0.4 is 5.32 Å². The van der Waals surface area contributed by atoms with Crippen LogP contribution in [-0.2, 0) is 11.0 Å². The monoisotopic (exact) mass is 414 g/mol. The topological polar surface area (TPSA) is 80.9 Å². The second kappa shape index (κ2) is 7.97. The Bertz CT molecular complexity index is 950. The van der Waals surface area contributed by atoms with Crippen LogP contribution in [0.4, 0.5) is 18.9 Å². The highest BCUT2D eigenvalue weighted by atomic mass is 35.5. The average Bonchev–Trinajstić information content (AvgIpc) is 3.11. The van der Waals surface area contributed by atoms with Gasteiger partial charge in [-0.05, 0) is 30.3 Å². The van der Waals surface area contributed by atoms with Gasteiger partial charge < -0.3 is 9.73 Å². The molecular weight excluding hydrogens is 405 g/mol. The number of benzene rings is 1. The molecule has 0 fully saturated rings. The van der Waals surface area contributed by atoms with Crippen molar-refractivity contribution >= 4 is 35.0 Å². The van der Waals surface area contributed by atoms with Crippen LogP contribution in [0.2, 0.25) is 5.02 Å². The van der Waals surface area contributed by atoms with Crippen molar-refractivity contribution in [1.29, 1.82) is 0 Å². The van der Waals surface area contributed by atoms with Gasteiger partial charge in [-0.25, -0.2) is 0 Å². The first kappa shape index (κ1) is 19.2. The maximum absolute atomic E-state index is 12.8. The Morgan fingerprint density at radius 2 is 2.07 bits per heavy atom. The van der Waals surface area contributed by atoms with Crippen LogP contribution in [-0.4, -0.2) is 26.8 Å². The first-order chi connectivity index (χ1) is 12.8. The third-order valence-electron chi connectivity index (χ3n) is 3.21. The van der Waals surface area contributed by atoms with E-state index in [1.54, 1.807) is 24.5 Å². The number of anilines is 1. The number of nitrogens with one attached hydrogen (secondary N) is 1. The van der Waals surface area contributed by atoms with Crippen molar-refractivity contribution in [2.24, 2.45) is 0 Å². The van der Waals surface area contributed by atoms with Gasteiger partial charge in [0.1, 0.15) is 0 Å². The molecule has 2 heterocycles. The molecule has 27 heavy (non-hydrogen) atoms. The molecule has 0 atom stereocenters. The molecule has 11 heteroatoms. The summed E-state index contributed by atoms with van der Waals surface area (Å²) in [5.41, 5.74) is -0.413. The molecule has 0 radical (unpaired) electrons. The van der Waals surface area contributed by atoms with Crippen LogP contribution in [0.15, 0.2) is 52.4 Å². The number of carbonyl (C=O) groups excluding carboxylic acids is 1. The van der Waals surface area contributed by atoms with Crippen LogP contribution in [0.3, 0.4) is 0 Å². The van der Waals surface area contributed by atoms with Crippen LogP contribution >= 0.6 is 23.4 Å². The number of pyridine rings is 1. The SMILES string of the molecule is O=C(CSc1nnc(-c2cccnc2)o1)Nc1cc(C(F)(F)F)ccc1Cl. The number of alkyl halides is 3. The van der Waals surface area contributed by atoms with E-state index in [0.717, 1.165) is 30.0 Å². The molecule has 0 unspecified atom stereocenters. The lowest BCUT2D eigenvalue weighted by atomic mass is 10.2. The van der Waals surface area contributed by atoms with Gasteiger partial charge in [-0.3, -0.25) is 9.78 Å². The average molecular weight is 415 g/mol. The van der Waals surface area contributed by atoms with E-state index in [9.17, 15) is 18.0 Å². The normalized spacial score (nSPS) is 11.4. The molecule has 3 rings (SSSR count). The summed E-state index contributed by atoms with van der Waals surface area (Å²) in [7, 11) is 0. The Kier molecular flexibility index (Phi) is 5.66.